The summed E-state index contributed by atoms with van der Waals surface area (Å²) in [7, 11) is 0. The van der Waals surface area contributed by atoms with Crippen LogP contribution in [-0.2, 0) is 4.79 Å². The molecular weight excluding hydrogens is 212 g/mol. The van der Waals surface area contributed by atoms with Crippen molar-refractivity contribution in [2.24, 2.45) is 5.92 Å². The van der Waals surface area contributed by atoms with Gasteiger partial charge in [0.25, 0.3) is 0 Å². The van der Waals surface area contributed by atoms with E-state index in [0.29, 0.717) is 10.8 Å². The molecule has 1 aromatic rings. The zero-order valence-corrected chi connectivity index (χ0v) is 9.75. The summed E-state index contributed by atoms with van der Waals surface area (Å²) < 4.78 is 5.22. The summed E-state index contributed by atoms with van der Waals surface area (Å²) in [6.07, 6.45) is 1.58. The summed E-state index contributed by atoms with van der Waals surface area (Å²) in [4.78, 5) is 11.6. The molecule has 0 N–H and O–H groups in total. The lowest BCUT2D eigenvalue weighted by atomic mass is 10.0. The summed E-state index contributed by atoms with van der Waals surface area (Å²) in [5.74, 6) is 0.199. The predicted octanol–water partition coefficient (Wildman–Crippen LogP) is 3.68. The van der Waals surface area contributed by atoms with Crippen molar-refractivity contribution in [3.05, 3.63) is 29.3 Å². The van der Waals surface area contributed by atoms with Crippen molar-refractivity contribution < 1.29 is 9.53 Å². The largest absolute Gasteiger partial charge is 0.425 e. The van der Waals surface area contributed by atoms with E-state index >= 15 is 0 Å². The van der Waals surface area contributed by atoms with Crippen molar-refractivity contribution in [1.82, 2.24) is 0 Å². The first-order chi connectivity index (χ1) is 7.19. The SMILES string of the molecule is CCC(CC)C(=O)Oc1ccccc1Cl. The van der Waals surface area contributed by atoms with Gasteiger partial charge in [-0.25, -0.2) is 0 Å². The summed E-state index contributed by atoms with van der Waals surface area (Å²) >= 11 is 5.88. The lowest BCUT2D eigenvalue weighted by Gasteiger charge is -2.12. The van der Waals surface area contributed by atoms with Crippen molar-refractivity contribution in [1.29, 1.82) is 0 Å². The van der Waals surface area contributed by atoms with Gasteiger partial charge in [-0.2, -0.15) is 0 Å². The quantitative estimate of drug-likeness (QED) is 0.578. The molecule has 15 heavy (non-hydrogen) atoms. The maximum absolute atomic E-state index is 11.6. The van der Waals surface area contributed by atoms with Crippen molar-refractivity contribution in [3.8, 4) is 5.75 Å². The molecule has 82 valence electrons. The highest BCUT2D eigenvalue weighted by Crippen LogP contribution is 2.24. The van der Waals surface area contributed by atoms with Gasteiger partial charge in [0.2, 0.25) is 0 Å². The number of ether oxygens (including phenoxy) is 1. The fourth-order valence-electron chi connectivity index (χ4n) is 1.34. The van der Waals surface area contributed by atoms with Gasteiger partial charge in [0.05, 0.1) is 10.9 Å². The van der Waals surface area contributed by atoms with Crippen LogP contribution in [0.1, 0.15) is 26.7 Å². The second-order valence-electron chi connectivity index (χ2n) is 3.36. The molecule has 0 aliphatic rings. The Morgan fingerprint density at radius 3 is 2.47 bits per heavy atom. The van der Waals surface area contributed by atoms with Crippen LogP contribution in [0.15, 0.2) is 24.3 Å². The van der Waals surface area contributed by atoms with Crippen molar-refractivity contribution >= 4 is 17.6 Å². The Balaban J connectivity index is 2.70. The van der Waals surface area contributed by atoms with Gasteiger partial charge >= 0.3 is 5.97 Å². The molecule has 3 heteroatoms. The third-order valence-corrected chi connectivity index (χ3v) is 2.68. The van der Waals surface area contributed by atoms with E-state index in [4.69, 9.17) is 16.3 Å². The normalized spacial score (nSPS) is 10.4. The number of hydrogen-bond acceptors (Lipinski definition) is 2. The molecule has 0 amide bonds. The minimum atomic E-state index is -0.201. The molecule has 0 aliphatic heterocycles. The molecule has 0 spiro atoms. The summed E-state index contributed by atoms with van der Waals surface area (Å²) in [6, 6.07) is 7.00. The number of halogens is 1. The second-order valence-corrected chi connectivity index (χ2v) is 3.77. The molecule has 0 aliphatic carbocycles. The molecule has 0 unspecified atom stereocenters. The second kappa shape index (κ2) is 5.76. The first kappa shape index (κ1) is 12.1. The van der Waals surface area contributed by atoms with Gasteiger partial charge in [-0.1, -0.05) is 37.6 Å². The van der Waals surface area contributed by atoms with Crippen LogP contribution in [0.3, 0.4) is 0 Å². The van der Waals surface area contributed by atoms with Gasteiger partial charge in [0.1, 0.15) is 5.75 Å². The highest BCUT2D eigenvalue weighted by atomic mass is 35.5. The molecule has 0 aromatic heterocycles. The van der Waals surface area contributed by atoms with E-state index in [-0.39, 0.29) is 11.9 Å². The fourth-order valence-corrected chi connectivity index (χ4v) is 1.52. The number of para-hydroxylation sites is 1. The van der Waals surface area contributed by atoms with Gasteiger partial charge in [-0.15, -0.1) is 0 Å². The van der Waals surface area contributed by atoms with Gasteiger partial charge in [-0.3, -0.25) is 4.79 Å². The first-order valence-corrected chi connectivity index (χ1v) is 5.53. The Bertz CT molecular complexity index is 332. The molecule has 0 heterocycles. The van der Waals surface area contributed by atoms with E-state index < -0.39 is 0 Å². The van der Waals surface area contributed by atoms with E-state index in [1.165, 1.54) is 0 Å². The van der Waals surface area contributed by atoms with Crippen LogP contribution >= 0.6 is 11.6 Å². The number of esters is 1. The van der Waals surface area contributed by atoms with Crippen LogP contribution in [0.5, 0.6) is 5.75 Å². The van der Waals surface area contributed by atoms with E-state index in [1.54, 1.807) is 24.3 Å². The highest BCUT2D eigenvalue weighted by Gasteiger charge is 2.17. The Labute approximate surface area is 95.2 Å². The monoisotopic (exact) mass is 226 g/mol. The third-order valence-electron chi connectivity index (χ3n) is 2.37. The molecule has 0 fully saturated rings. The standard InChI is InChI=1S/C12H15ClO2/c1-3-9(4-2)12(14)15-11-8-6-5-7-10(11)13/h5-9H,3-4H2,1-2H3. The average Bonchev–Trinajstić information content (AvgIpc) is 2.23. The Morgan fingerprint density at radius 1 is 1.33 bits per heavy atom. The van der Waals surface area contributed by atoms with E-state index in [2.05, 4.69) is 0 Å². The van der Waals surface area contributed by atoms with Crippen LogP contribution in [0.2, 0.25) is 5.02 Å². The summed E-state index contributed by atoms with van der Waals surface area (Å²) in [6.45, 7) is 3.95. The molecule has 2 nitrogen and oxygen atoms in total. The number of carbonyl (C=O) groups is 1. The lowest BCUT2D eigenvalue weighted by molar-refractivity contribution is -0.139. The van der Waals surface area contributed by atoms with Crippen LogP contribution < -0.4 is 4.74 Å². The van der Waals surface area contributed by atoms with E-state index in [0.717, 1.165) is 12.8 Å². The maximum atomic E-state index is 11.6. The molecule has 0 radical (unpaired) electrons. The molecule has 0 saturated carbocycles. The van der Waals surface area contributed by atoms with E-state index in [1.807, 2.05) is 13.8 Å². The zero-order chi connectivity index (χ0) is 11.3. The summed E-state index contributed by atoms with van der Waals surface area (Å²) in [5.41, 5.74) is 0. The van der Waals surface area contributed by atoms with Gasteiger partial charge in [-0.05, 0) is 25.0 Å². The molecule has 0 saturated heterocycles. The first-order valence-electron chi connectivity index (χ1n) is 5.15. The third kappa shape index (κ3) is 3.24. The highest BCUT2D eigenvalue weighted by molar-refractivity contribution is 6.32. The van der Waals surface area contributed by atoms with Crippen molar-refractivity contribution in [2.75, 3.05) is 0 Å². The number of hydrogen-bond donors (Lipinski definition) is 0. The Kier molecular flexibility index (Phi) is 4.63. The van der Waals surface area contributed by atoms with Gasteiger partial charge in [0.15, 0.2) is 0 Å². The van der Waals surface area contributed by atoms with Crippen LogP contribution in [0.4, 0.5) is 0 Å². The van der Waals surface area contributed by atoms with Crippen molar-refractivity contribution in [2.45, 2.75) is 26.7 Å². The smallest absolute Gasteiger partial charge is 0.314 e. The number of benzene rings is 1. The van der Waals surface area contributed by atoms with E-state index in [9.17, 15) is 4.79 Å². The minimum absolute atomic E-state index is 0.0405. The molecular formula is C12H15ClO2. The lowest BCUT2D eigenvalue weighted by Crippen LogP contribution is -2.19. The molecule has 0 atom stereocenters. The summed E-state index contributed by atoms with van der Waals surface area (Å²) in [5, 5.41) is 0.469. The van der Waals surface area contributed by atoms with Gasteiger partial charge in [0, 0.05) is 0 Å². The molecule has 1 rings (SSSR count). The predicted molar refractivity (Wildman–Crippen MR) is 61.2 cm³/mol. The number of rotatable bonds is 4. The zero-order valence-electron chi connectivity index (χ0n) is 9.00. The Hall–Kier alpha value is -1.02. The number of carbonyl (C=O) groups excluding carboxylic acids is 1. The maximum Gasteiger partial charge on any atom is 0.314 e. The minimum Gasteiger partial charge on any atom is -0.425 e. The fraction of sp³-hybridized carbons (Fsp3) is 0.417. The van der Waals surface area contributed by atoms with Crippen LogP contribution in [-0.4, -0.2) is 5.97 Å². The average molecular weight is 227 g/mol. The topological polar surface area (TPSA) is 26.3 Å². The molecule has 0 bridgehead atoms. The van der Waals surface area contributed by atoms with Crippen molar-refractivity contribution in [3.63, 3.8) is 0 Å². The molecule has 1 aromatic carbocycles. The van der Waals surface area contributed by atoms with Crippen LogP contribution in [0.25, 0.3) is 0 Å². The van der Waals surface area contributed by atoms with Gasteiger partial charge < -0.3 is 4.74 Å². The Morgan fingerprint density at radius 2 is 1.93 bits per heavy atom. The van der Waals surface area contributed by atoms with Crippen LogP contribution in [0, 0.1) is 5.92 Å².